The smallest absolute Gasteiger partial charge is 0.161 e. The van der Waals surface area contributed by atoms with Crippen LogP contribution in [0, 0.1) is 0 Å². The monoisotopic (exact) mass is 233 g/mol. The molecule has 0 amide bonds. The number of hydrogen-bond acceptors (Lipinski definition) is 2. The van der Waals surface area contributed by atoms with E-state index in [0.29, 0.717) is 0 Å². The van der Waals surface area contributed by atoms with Gasteiger partial charge in [0.05, 0.1) is 5.69 Å². The van der Waals surface area contributed by atoms with Gasteiger partial charge in [-0.05, 0) is 19.1 Å². The Hall–Kier alpha value is -1.18. The van der Waals surface area contributed by atoms with E-state index in [2.05, 4.69) is 41.5 Å². The van der Waals surface area contributed by atoms with E-state index in [1.165, 1.54) is 0 Å². The number of aromatic nitrogens is 1. The number of carbonyl (C=O) groups excluding carboxylic acids is 1. The third-order valence-electron chi connectivity index (χ3n) is 2.75. The minimum Gasteiger partial charge on any atom is -0.294 e. The fourth-order valence-corrected chi connectivity index (χ4v) is 1.73. The van der Waals surface area contributed by atoms with E-state index in [1.807, 2.05) is 12.1 Å². The Morgan fingerprint density at radius 2 is 1.53 bits per heavy atom. The van der Waals surface area contributed by atoms with Crippen molar-refractivity contribution in [1.29, 1.82) is 0 Å². The molecule has 0 aliphatic carbocycles. The van der Waals surface area contributed by atoms with Crippen molar-refractivity contribution in [3.8, 4) is 0 Å². The molecule has 0 fully saturated rings. The van der Waals surface area contributed by atoms with Crippen LogP contribution >= 0.6 is 0 Å². The van der Waals surface area contributed by atoms with E-state index >= 15 is 0 Å². The summed E-state index contributed by atoms with van der Waals surface area (Å²) >= 11 is 0. The molecule has 1 heterocycles. The summed E-state index contributed by atoms with van der Waals surface area (Å²) in [6.07, 6.45) is 0. The average molecular weight is 233 g/mol. The Morgan fingerprint density at radius 3 is 1.88 bits per heavy atom. The quantitative estimate of drug-likeness (QED) is 0.689. The first kappa shape index (κ1) is 13.9. The molecule has 0 saturated carbocycles. The van der Waals surface area contributed by atoms with Crippen molar-refractivity contribution in [3.05, 3.63) is 29.1 Å². The average Bonchev–Trinajstić information content (AvgIpc) is 2.14. The maximum atomic E-state index is 11.6. The lowest BCUT2D eigenvalue weighted by Crippen LogP contribution is -2.22. The SMILES string of the molecule is CC(=O)c1ccc(C(C)(C)C)nc1C(C)(C)C. The predicted molar refractivity (Wildman–Crippen MR) is 71.6 cm³/mol. The van der Waals surface area contributed by atoms with Gasteiger partial charge in [-0.25, -0.2) is 0 Å². The maximum absolute atomic E-state index is 11.6. The van der Waals surface area contributed by atoms with Crippen molar-refractivity contribution in [1.82, 2.24) is 4.98 Å². The van der Waals surface area contributed by atoms with Crippen LogP contribution in [0.3, 0.4) is 0 Å². The molecule has 0 aromatic carbocycles. The summed E-state index contributed by atoms with van der Waals surface area (Å²) in [5.74, 6) is 0.0860. The molecule has 1 aromatic heterocycles. The van der Waals surface area contributed by atoms with Gasteiger partial charge in [-0.15, -0.1) is 0 Å². The molecule has 1 aromatic rings. The summed E-state index contributed by atoms with van der Waals surface area (Å²) in [5, 5.41) is 0. The van der Waals surface area contributed by atoms with Crippen LogP contribution in [-0.2, 0) is 10.8 Å². The summed E-state index contributed by atoms with van der Waals surface area (Å²) in [7, 11) is 0. The minimum absolute atomic E-state index is 0.00925. The number of hydrogen-bond donors (Lipinski definition) is 0. The van der Waals surface area contributed by atoms with E-state index in [4.69, 9.17) is 4.98 Å². The van der Waals surface area contributed by atoms with E-state index in [-0.39, 0.29) is 16.6 Å². The summed E-state index contributed by atoms with van der Waals surface area (Å²) in [6.45, 7) is 14.3. The summed E-state index contributed by atoms with van der Waals surface area (Å²) in [4.78, 5) is 16.3. The lowest BCUT2D eigenvalue weighted by molar-refractivity contribution is 0.101. The molecule has 1 rings (SSSR count). The second-order valence-corrected chi connectivity index (χ2v) is 6.65. The van der Waals surface area contributed by atoms with Gasteiger partial charge in [0, 0.05) is 22.1 Å². The highest BCUT2D eigenvalue weighted by atomic mass is 16.1. The maximum Gasteiger partial charge on any atom is 0.161 e. The number of carbonyl (C=O) groups is 1. The van der Waals surface area contributed by atoms with Crippen LogP contribution < -0.4 is 0 Å². The fraction of sp³-hybridized carbons (Fsp3) is 0.600. The molecule has 0 N–H and O–H groups in total. The van der Waals surface area contributed by atoms with Gasteiger partial charge in [0.25, 0.3) is 0 Å². The molecule has 0 saturated heterocycles. The van der Waals surface area contributed by atoms with Gasteiger partial charge < -0.3 is 0 Å². The third kappa shape index (κ3) is 3.15. The molecule has 0 unspecified atom stereocenters. The highest BCUT2D eigenvalue weighted by Crippen LogP contribution is 2.28. The molecule has 2 nitrogen and oxygen atoms in total. The van der Waals surface area contributed by atoms with E-state index in [0.717, 1.165) is 17.0 Å². The number of pyridine rings is 1. The van der Waals surface area contributed by atoms with Crippen LogP contribution in [0.2, 0.25) is 0 Å². The van der Waals surface area contributed by atoms with Crippen molar-refractivity contribution in [2.75, 3.05) is 0 Å². The molecular weight excluding hydrogens is 210 g/mol. The van der Waals surface area contributed by atoms with E-state index < -0.39 is 0 Å². The Kier molecular flexibility index (Phi) is 3.47. The molecular formula is C15H23NO. The predicted octanol–water partition coefficient (Wildman–Crippen LogP) is 3.88. The largest absolute Gasteiger partial charge is 0.294 e. The number of nitrogens with zero attached hydrogens (tertiary/aromatic N) is 1. The van der Waals surface area contributed by atoms with Gasteiger partial charge in [0.2, 0.25) is 0 Å². The Balaban J connectivity index is 3.46. The van der Waals surface area contributed by atoms with Crippen LogP contribution in [0.4, 0.5) is 0 Å². The van der Waals surface area contributed by atoms with Gasteiger partial charge in [0.1, 0.15) is 0 Å². The lowest BCUT2D eigenvalue weighted by Gasteiger charge is -2.25. The minimum atomic E-state index is -0.109. The molecule has 0 aliphatic rings. The number of rotatable bonds is 1. The third-order valence-corrected chi connectivity index (χ3v) is 2.75. The summed E-state index contributed by atoms with van der Waals surface area (Å²) in [5.41, 5.74) is 2.58. The second kappa shape index (κ2) is 4.25. The van der Waals surface area contributed by atoms with Crippen LogP contribution in [-0.4, -0.2) is 10.8 Å². The molecule has 2 heteroatoms. The summed E-state index contributed by atoms with van der Waals surface area (Å²) < 4.78 is 0. The van der Waals surface area contributed by atoms with E-state index in [9.17, 15) is 4.79 Å². The zero-order valence-electron chi connectivity index (χ0n) is 12.0. The van der Waals surface area contributed by atoms with Gasteiger partial charge >= 0.3 is 0 Å². The highest BCUT2D eigenvalue weighted by molar-refractivity contribution is 5.95. The van der Waals surface area contributed by atoms with Gasteiger partial charge in [0.15, 0.2) is 5.78 Å². The van der Waals surface area contributed by atoms with Gasteiger partial charge in [-0.3, -0.25) is 9.78 Å². The summed E-state index contributed by atoms with van der Waals surface area (Å²) in [6, 6.07) is 3.88. The molecule has 0 bridgehead atoms. The van der Waals surface area contributed by atoms with Crippen molar-refractivity contribution >= 4 is 5.78 Å². The van der Waals surface area contributed by atoms with Crippen LogP contribution in [0.25, 0.3) is 0 Å². The van der Waals surface area contributed by atoms with Gasteiger partial charge in [-0.1, -0.05) is 41.5 Å². The molecule has 0 aliphatic heterocycles. The van der Waals surface area contributed by atoms with Crippen molar-refractivity contribution in [3.63, 3.8) is 0 Å². The zero-order valence-corrected chi connectivity index (χ0v) is 12.0. The lowest BCUT2D eigenvalue weighted by atomic mass is 9.84. The van der Waals surface area contributed by atoms with Crippen LogP contribution in [0.5, 0.6) is 0 Å². The van der Waals surface area contributed by atoms with E-state index in [1.54, 1.807) is 6.92 Å². The Morgan fingerprint density at radius 1 is 1.00 bits per heavy atom. The second-order valence-electron chi connectivity index (χ2n) is 6.65. The Labute approximate surface area is 104 Å². The normalized spacial score (nSPS) is 12.6. The van der Waals surface area contributed by atoms with Crippen molar-refractivity contribution < 1.29 is 4.79 Å². The first-order valence-electron chi connectivity index (χ1n) is 6.06. The first-order valence-corrected chi connectivity index (χ1v) is 6.06. The highest BCUT2D eigenvalue weighted by Gasteiger charge is 2.25. The molecule has 94 valence electrons. The first-order chi connectivity index (χ1) is 7.53. The zero-order chi connectivity index (χ0) is 13.4. The Bertz CT molecular complexity index is 433. The molecule has 0 radical (unpaired) electrons. The van der Waals surface area contributed by atoms with Gasteiger partial charge in [-0.2, -0.15) is 0 Å². The van der Waals surface area contributed by atoms with Crippen molar-refractivity contribution in [2.45, 2.75) is 59.3 Å². The topological polar surface area (TPSA) is 30.0 Å². The van der Waals surface area contributed by atoms with Crippen LogP contribution in [0.15, 0.2) is 12.1 Å². The molecule has 0 spiro atoms. The van der Waals surface area contributed by atoms with Crippen molar-refractivity contribution in [2.24, 2.45) is 0 Å². The number of ketones is 1. The standard InChI is InChI=1S/C15H23NO/c1-10(17)11-8-9-12(14(2,3)4)16-13(11)15(5,6)7/h8-9H,1-7H3. The molecule has 0 atom stereocenters. The fourth-order valence-electron chi connectivity index (χ4n) is 1.73. The van der Waals surface area contributed by atoms with Crippen LogP contribution in [0.1, 0.15) is 70.2 Å². The number of Topliss-reactive ketones (excluding diaryl/α,β-unsaturated/α-hetero) is 1. The molecule has 17 heavy (non-hydrogen) atoms.